The van der Waals surface area contributed by atoms with Crippen molar-refractivity contribution in [1.82, 2.24) is 9.55 Å². The van der Waals surface area contributed by atoms with Crippen LogP contribution in [-0.4, -0.2) is 48.3 Å². The Labute approximate surface area is 241 Å². The van der Waals surface area contributed by atoms with Crippen LogP contribution in [0.3, 0.4) is 0 Å². The van der Waals surface area contributed by atoms with Gasteiger partial charge in [0.15, 0.2) is 22.4 Å². The molecule has 0 unspecified atom stereocenters. The number of para-hydroxylation sites is 1. The minimum absolute atomic E-state index is 0.0150. The summed E-state index contributed by atoms with van der Waals surface area (Å²) in [6, 6.07) is 17.2. The zero-order valence-electron chi connectivity index (χ0n) is 22.9. The summed E-state index contributed by atoms with van der Waals surface area (Å²) in [5.41, 5.74) is 1.93. The monoisotopic (exact) mass is 571 g/mol. The molecule has 0 aliphatic heterocycles. The summed E-state index contributed by atoms with van der Waals surface area (Å²) in [5.74, 6) is 0.864. The van der Waals surface area contributed by atoms with Gasteiger partial charge < -0.3 is 19.5 Å². The molecule has 3 aromatic carbocycles. The topological polar surface area (TPSA) is 109 Å². The molecule has 0 aliphatic carbocycles. The highest BCUT2D eigenvalue weighted by Crippen LogP contribution is 2.38. The van der Waals surface area contributed by atoms with Gasteiger partial charge in [-0.05, 0) is 48.0 Å². The molecule has 41 heavy (non-hydrogen) atoms. The van der Waals surface area contributed by atoms with Crippen molar-refractivity contribution in [2.24, 2.45) is 0 Å². The maximum atomic E-state index is 12.9. The highest BCUT2D eigenvalue weighted by Gasteiger charge is 2.14. The van der Waals surface area contributed by atoms with E-state index in [9.17, 15) is 14.4 Å². The minimum atomic E-state index is -0.305. The fourth-order valence-electron chi connectivity index (χ4n) is 4.09. The van der Waals surface area contributed by atoms with Crippen LogP contribution in [0.1, 0.15) is 15.9 Å². The molecular weight excluding hydrogens is 542 g/mol. The van der Waals surface area contributed by atoms with Crippen LogP contribution in [0, 0.1) is 0 Å². The Bertz CT molecular complexity index is 1670. The van der Waals surface area contributed by atoms with Crippen LogP contribution < -0.4 is 25.1 Å². The first-order valence-electron chi connectivity index (χ1n) is 12.5. The van der Waals surface area contributed by atoms with Gasteiger partial charge in [-0.2, -0.15) is 0 Å². The Kier molecular flexibility index (Phi) is 9.60. The van der Waals surface area contributed by atoms with Crippen molar-refractivity contribution in [2.45, 2.75) is 11.7 Å². The van der Waals surface area contributed by atoms with Crippen LogP contribution in [0.25, 0.3) is 17.0 Å². The summed E-state index contributed by atoms with van der Waals surface area (Å²) in [4.78, 5) is 43.2. The number of aromatic nitrogens is 2. The van der Waals surface area contributed by atoms with Gasteiger partial charge in [0.25, 0.3) is 5.56 Å². The normalized spacial score (nSPS) is 10.9. The summed E-state index contributed by atoms with van der Waals surface area (Å²) < 4.78 is 17.6. The first-order chi connectivity index (χ1) is 19.9. The van der Waals surface area contributed by atoms with E-state index in [0.717, 1.165) is 11.8 Å². The van der Waals surface area contributed by atoms with Crippen LogP contribution >= 0.6 is 11.8 Å². The zero-order chi connectivity index (χ0) is 29.4. The molecule has 1 heterocycles. The van der Waals surface area contributed by atoms with Gasteiger partial charge in [0.05, 0.1) is 38.0 Å². The quantitative estimate of drug-likeness (QED) is 0.0809. The number of nitrogens with zero attached hydrogens (tertiary/aromatic N) is 2. The average molecular weight is 572 g/mol. The molecule has 1 N–H and O–H groups in total. The zero-order valence-corrected chi connectivity index (χ0v) is 23.7. The number of ether oxygens (including phenoxy) is 3. The Morgan fingerprint density at radius 2 is 1.73 bits per heavy atom. The predicted molar refractivity (Wildman–Crippen MR) is 161 cm³/mol. The van der Waals surface area contributed by atoms with Crippen LogP contribution in [0.15, 0.2) is 89.3 Å². The molecule has 1 amide bonds. The van der Waals surface area contributed by atoms with Crippen molar-refractivity contribution in [1.29, 1.82) is 0 Å². The first kappa shape index (κ1) is 29.2. The standard InChI is InChI=1S/C31H29N3O6S/c1-5-15-34-30(37)23-11-6-7-12-24(23)33-31(34)41-19-28(36)32-22-10-8-9-21(18-22)25(35)14-13-20-16-26(38-2)29(40-4)27(17-20)39-3/h5-14,16-18H,1,15,19H2,2-4H3,(H,32,36)/b14-13+. The van der Waals surface area contributed by atoms with Crippen molar-refractivity contribution in [2.75, 3.05) is 32.4 Å². The molecule has 1 aromatic heterocycles. The van der Waals surface area contributed by atoms with Crippen molar-refractivity contribution in [3.8, 4) is 17.2 Å². The third kappa shape index (κ3) is 6.85. The molecule has 0 aliphatic rings. The van der Waals surface area contributed by atoms with Crippen LogP contribution in [0.5, 0.6) is 17.2 Å². The predicted octanol–water partition coefficient (Wildman–Crippen LogP) is 5.24. The maximum absolute atomic E-state index is 12.9. The molecule has 0 saturated heterocycles. The third-order valence-electron chi connectivity index (χ3n) is 6.02. The molecule has 0 bridgehead atoms. The molecule has 10 heteroatoms. The van der Waals surface area contributed by atoms with Gasteiger partial charge in [-0.25, -0.2) is 4.98 Å². The summed E-state index contributed by atoms with van der Waals surface area (Å²) in [5, 5.41) is 3.73. The number of rotatable bonds is 12. The van der Waals surface area contributed by atoms with E-state index in [1.807, 2.05) is 6.07 Å². The first-order valence-corrected chi connectivity index (χ1v) is 13.5. The van der Waals surface area contributed by atoms with Gasteiger partial charge >= 0.3 is 0 Å². The van der Waals surface area contributed by atoms with Crippen LogP contribution in [0.2, 0.25) is 0 Å². The number of hydrogen-bond donors (Lipinski definition) is 1. The Balaban J connectivity index is 1.45. The fourth-order valence-corrected chi connectivity index (χ4v) is 4.90. The number of hydrogen-bond acceptors (Lipinski definition) is 8. The summed E-state index contributed by atoms with van der Waals surface area (Å²) >= 11 is 1.15. The van der Waals surface area contributed by atoms with Gasteiger partial charge in [-0.15, -0.1) is 6.58 Å². The summed E-state index contributed by atoms with van der Waals surface area (Å²) in [7, 11) is 4.56. The largest absolute Gasteiger partial charge is 0.493 e. The Hall–Kier alpha value is -4.83. The minimum Gasteiger partial charge on any atom is -0.493 e. The summed E-state index contributed by atoms with van der Waals surface area (Å²) in [6.45, 7) is 3.99. The van der Waals surface area contributed by atoms with Crippen LogP contribution in [-0.2, 0) is 11.3 Å². The molecule has 0 spiro atoms. The highest BCUT2D eigenvalue weighted by atomic mass is 32.2. The number of nitrogens with one attached hydrogen (secondary N) is 1. The number of amides is 1. The third-order valence-corrected chi connectivity index (χ3v) is 6.99. The van der Waals surface area contributed by atoms with E-state index in [4.69, 9.17) is 14.2 Å². The van der Waals surface area contributed by atoms with E-state index in [0.29, 0.717) is 50.1 Å². The van der Waals surface area contributed by atoms with E-state index < -0.39 is 0 Å². The van der Waals surface area contributed by atoms with E-state index in [-0.39, 0.29) is 29.5 Å². The second-order valence-corrected chi connectivity index (χ2v) is 9.63. The smallest absolute Gasteiger partial charge is 0.262 e. The molecule has 0 atom stereocenters. The number of benzene rings is 3. The van der Waals surface area contributed by atoms with Crippen LogP contribution in [0.4, 0.5) is 5.69 Å². The lowest BCUT2D eigenvalue weighted by Gasteiger charge is -2.12. The summed E-state index contributed by atoms with van der Waals surface area (Å²) in [6.07, 6.45) is 4.69. The van der Waals surface area contributed by atoms with Gasteiger partial charge in [0, 0.05) is 17.8 Å². The highest BCUT2D eigenvalue weighted by molar-refractivity contribution is 7.99. The van der Waals surface area contributed by atoms with E-state index >= 15 is 0 Å². The van der Waals surface area contributed by atoms with Gasteiger partial charge in [-0.3, -0.25) is 19.0 Å². The molecule has 4 aromatic rings. The number of carbonyl (C=O) groups excluding carboxylic acids is 2. The van der Waals surface area contributed by atoms with Gasteiger partial charge in [-0.1, -0.05) is 48.2 Å². The second-order valence-electron chi connectivity index (χ2n) is 8.69. The maximum Gasteiger partial charge on any atom is 0.262 e. The van der Waals surface area contributed by atoms with Crippen molar-refractivity contribution in [3.05, 3.63) is 101 Å². The Morgan fingerprint density at radius 1 is 1.00 bits per heavy atom. The molecule has 0 fully saturated rings. The SMILES string of the molecule is C=CCn1c(SCC(=O)Nc2cccc(C(=O)/C=C/c3cc(OC)c(OC)c(OC)c3)c2)nc2ccccc2c1=O. The van der Waals surface area contributed by atoms with Gasteiger partial charge in [0.2, 0.25) is 11.7 Å². The molecule has 4 rings (SSSR count). The fraction of sp³-hybridized carbons (Fsp3) is 0.161. The molecule has 0 radical (unpaired) electrons. The molecule has 210 valence electrons. The lowest BCUT2D eigenvalue weighted by molar-refractivity contribution is -0.113. The number of allylic oxidation sites excluding steroid dienone is 2. The number of anilines is 1. The lowest BCUT2D eigenvalue weighted by atomic mass is 10.1. The molecule has 0 saturated carbocycles. The van der Waals surface area contributed by atoms with Crippen molar-refractivity contribution >= 4 is 46.1 Å². The van der Waals surface area contributed by atoms with E-state index in [1.54, 1.807) is 66.7 Å². The van der Waals surface area contributed by atoms with E-state index in [2.05, 4.69) is 16.9 Å². The Morgan fingerprint density at radius 3 is 2.41 bits per heavy atom. The van der Waals surface area contributed by atoms with Crippen molar-refractivity contribution in [3.63, 3.8) is 0 Å². The number of fused-ring (bicyclic) bond motifs is 1. The lowest BCUT2D eigenvalue weighted by Crippen LogP contribution is -2.23. The number of thioether (sulfide) groups is 1. The van der Waals surface area contributed by atoms with Gasteiger partial charge in [0.1, 0.15) is 0 Å². The number of carbonyl (C=O) groups is 2. The number of ketones is 1. The number of methoxy groups -OCH3 is 3. The molecule has 9 nitrogen and oxygen atoms in total. The second kappa shape index (κ2) is 13.5. The molecular formula is C31H29N3O6S. The average Bonchev–Trinajstić information content (AvgIpc) is 2.99. The van der Waals surface area contributed by atoms with Crippen molar-refractivity contribution < 1.29 is 23.8 Å². The van der Waals surface area contributed by atoms with E-state index in [1.165, 1.54) is 32.0 Å².